The number of amides is 1. The molecule has 1 N–H and O–H groups in total. The number of nitrogens with zero attached hydrogens (tertiary/aromatic N) is 4. The van der Waals surface area contributed by atoms with Crippen molar-refractivity contribution in [2.75, 3.05) is 31.1 Å². The molecule has 1 aliphatic heterocycles. The van der Waals surface area contributed by atoms with E-state index in [1.54, 1.807) is 29.4 Å². The van der Waals surface area contributed by atoms with Gasteiger partial charge in [-0.3, -0.25) is 14.6 Å². The molecule has 2 aromatic heterocycles. The smallest absolute Gasteiger partial charge is 0.267 e. The molecule has 0 atom stereocenters. The van der Waals surface area contributed by atoms with Gasteiger partial charge in [-0.05, 0) is 61.1 Å². The maximum Gasteiger partial charge on any atom is 0.267 e. The average molecular weight is 448 g/mol. The van der Waals surface area contributed by atoms with Crippen molar-refractivity contribution in [2.24, 2.45) is 0 Å². The summed E-state index contributed by atoms with van der Waals surface area (Å²) < 4.78 is 14.7. The van der Waals surface area contributed by atoms with Crippen LogP contribution in [0.5, 0.6) is 0 Å². The van der Waals surface area contributed by atoms with E-state index in [9.17, 15) is 14.0 Å². The van der Waals surface area contributed by atoms with Crippen molar-refractivity contribution in [3.8, 4) is 0 Å². The lowest BCUT2D eigenvalue weighted by molar-refractivity contribution is 0.0742. The monoisotopic (exact) mass is 447 g/mol. The minimum absolute atomic E-state index is 0.0863. The number of anilines is 1. The van der Waals surface area contributed by atoms with Gasteiger partial charge in [-0.25, -0.2) is 9.49 Å². The van der Waals surface area contributed by atoms with Crippen molar-refractivity contribution >= 4 is 11.6 Å². The van der Waals surface area contributed by atoms with E-state index in [1.807, 2.05) is 12.1 Å². The standard InChI is InChI=1S/C25H26FN5O2/c26-22-6-5-17(16-23-19-3-1-2-4-20(19)24(32)29-28-23)15-21(22)25(33)31-13-11-30(12-14-31)18-7-9-27-10-8-18/h5-10,15H,1-4,11-14,16H2,(H,29,32). The maximum atomic E-state index is 14.7. The summed E-state index contributed by atoms with van der Waals surface area (Å²) in [5.41, 5.74) is 4.48. The van der Waals surface area contributed by atoms with E-state index in [-0.39, 0.29) is 17.0 Å². The van der Waals surface area contributed by atoms with Crippen LogP contribution in [-0.2, 0) is 19.3 Å². The van der Waals surface area contributed by atoms with Crippen molar-refractivity contribution in [2.45, 2.75) is 32.1 Å². The molecule has 3 heterocycles. The number of hydrogen-bond acceptors (Lipinski definition) is 5. The molecule has 0 radical (unpaired) electrons. The Kier molecular flexibility index (Phi) is 5.90. The predicted octanol–water partition coefficient (Wildman–Crippen LogP) is 2.74. The molecule has 0 bridgehead atoms. The van der Waals surface area contributed by atoms with Gasteiger partial charge in [0.15, 0.2) is 0 Å². The fourth-order valence-corrected chi connectivity index (χ4v) is 4.81. The van der Waals surface area contributed by atoms with Gasteiger partial charge in [0, 0.05) is 56.2 Å². The summed E-state index contributed by atoms with van der Waals surface area (Å²) in [7, 11) is 0. The highest BCUT2D eigenvalue weighted by atomic mass is 19.1. The Balaban J connectivity index is 1.32. The second kappa shape index (κ2) is 9.13. The lowest BCUT2D eigenvalue weighted by Crippen LogP contribution is -2.49. The molecule has 0 saturated carbocycles. The van der Waals surface area contributed by atoms with Gasteiger partial charge in [-0.15, -0.1) is 0 Å². The topological polar surface area (TPSA) is 82.2 Å². The number of pyridine rings is 1. The van der Waals surface area contributed by atoms with Gasteiger partial charge in [0.1, 0.15) is 5.82 Å². The van der Waals surface area contributed by atoms with E-state index in [1.165, 1.54) is 6.07 Å². The first kappa shape index (κ1) is 21.3. The minimum Gasteiger partial charge on any atom is -0.368 e. The number of piperazine rings is 1. The van der Waals surface area contributed by atoms with Gasteiger partial charge in [0.05, 0.1) is 11.3 Å². The number of carbonyl (C=O) groups excluding carboxylic acids is 1. The van der Waals surface area contributed by atoms with Crippen LogP contribution in [0.4, 0.5) is 10.1 Å². The van der Waals surface area contributed by atoms with Crippen molar-refractivity contribution < 1.29 is 9.18 Å². The Hall–Kier alpha value is -3.55. The Morgan fingerprint density at radius 2 is 1.73 bits per heavy atom. The first-order valence-electron chi connectivity index (χ1n) is 11.4. The fourth-order valence-electron chi connectivity index (χ4n) is 4.81. The fraction of sp³-hybridized carbons (Fsp3) is 0.360. The molecule has 1 saturated heterocycles. The van der Waals surface area contributed by atoms with Gasteiger partial charge in [0.25, 0.3) is 11.5 Å². The van der Waals surface area contributed by atoms with Crippen LogP contribution in [0.1, 0.15) is 45.6 Å². The minimum atomic E-state index is -0.517. The quantitative estimate of drug-likeness (QED) is 0.665. The Labute approximate surface area is 191 Å². The van der Waals surface area contributed by atoms with Crippen LogP contribution in [0.2, 0.25) is 0 Å². The van der Waals surface area contributed by atoms with Crippen LogP contribution in [0.3, 0.4) is 0 Å². The van der Waals surface area contributed by atoms with E-state index >= 15 is 0 Å². The number of aromatic nitrogens is 3. The number of H-pyrrole nitrogens is 1. The van der Waals surface area contributed by atoms with Crippen LogP contribution in [0.25, 0.3) is 0 Å². The van der Waals surface area contributed by atoms with Crippen LogP contribution < -0.4 is 10.5 Å². The Morgan fingerprint density at radius 1 is 1.00 bits per heavy atom. The highest BCUT2D eigenvalue weighted by Gasteiger charge is 2.25. The number of halogens is 1. The molecule has 1 aliphatic carbocycles. The molecule has 3 aromatic rings. The van der Waals surface area contributed by atoms with Gasteiger partial charge in [-0.1, -0.05) is 6.07 Å². The summed E-state index contributed by atoms with van der Waals surface area (Å²) in [5, 5.41) is 6.88. The number of nitrogens with one attached hydrogen (secondary N) is 1. The highest BCUT2D eigenvalue weighted by Crippen LogP contribution is 2.23. The molecule has 2 aliphatic rings. The molecular weight excluding hydrogens is 421 g/mol. The highest BCUT2D eigenvalue weighted by molar-refractivity contribution is 5.95. The molecule has 1 amide bonds. The zero-order chi connectivity index (χ0) is 22.8. The lowest BCUT2D eigenvalue weighted by Gasteiger charge is -2.36. The second-order valence-electron chi connectivity index (χ2n) is 8.64. The molecule has 33 heavy (non-hydrogen) atoms. The molecule has 170 valence electrons. The molecule has 0 spiro atoms. The second-order valence-corrected chi connectivity index (χ2v) is 8.64. The van der Waals surface area contributed by atoms with Crippen molar-refractivity contribution in [3.63, 3.8) is 0 Å². The van der Waals surface area contributed by atoms with E-state index < -0.39 is 5.82 Å². The third kappa shape index (κ3) is 4.37. The van der Waals surface area contributed by atoms with E-state index in [2.05, 4.69) is 20.1 Å². The molecule has 1 aromatic carbocycles. The number of aromatic amines is 1. The first-order chi connectivity index (χ1) is 16.1. The third-order valence-electron chi connectivity index (χ3n) is 6.61. The van der Waals surface area contributed by atoms with Gasteiger partial charge in [-0.2, -0.15) is 5.10 Å². The summed E-state index contributed by atoms with van der Waals surface area (Å²) in [6.07, 6.45) is 7.59. The Morgan fingerprint density at radius 3 is 2.48 bits per heavy atom. The SMILES string of the molecule is O=C(c1cc(Cc2n[nH]c(=O)c3c2CCCC3)ccc1F)N1CCN(c2ccncc2)CC1. The van der Waals surface area contributed by atoms with Gasteiger partial charge < -0.3 is 9.80 Å². The molecule has 7 nitrogen and oxygen atoms in total. The number of fused-ring (bicyclic) bond motifs is 1. The Bertz CT molecular complexity index is 1220. The van der Waals surface area contributed by atoms with Crippen molar-refractivity contribution in [1.29, 1.82) is 0 Å². The normalized spacial score (nSPS) is 15.9. The van der Waals surface area contributed by atoms with Crippen molar-refractivity contribution in [1.82, 2.24) is 20.1 Å². The number of benzene rings is 1. The van der Waals surface area contributed by atoms with Crippen LogP contribution in [-0.4, -0.2) is 52.2 Å². The van der Waals surface area contributed by atoms with Crippen molar-refractivity contribution in [3.05, 3.63) is 86.8 Å². The molecule has 8 heteroatoms. The zero-order valence-electron chi connectivity index (χ0n) is 18.4. The molecule has 0 unspecified atom stereocenters. The predicted molar refractivity (Wildman–Crippen MR) is 123 cm³/mol. The lowest BCUT2D eigenvalue weighted by atomic mass is 9.90. The summed E-state index contributed by atoms with van der Waals surface area (Å²) in [4.78, 5) is 33.2. The van der Waals surface area contributed by atoms with Crippen LogP contribution in [0, 0.1) is 5.82 Å². The molecule has 1 fully saturated rings. The molecule has 5 rings (SSSR count). The summed E-state index contributed by atoms with van der Waals surface area (Å²) in [6.45, 7) is 2.43. The zero-order valence-corrected chi connectivity index (χ0v) is 18.4. The van der Waals surface area contributed by atoms with Crippen LogP contribution >= 0.6 is 0 Å². The van der Waals surface area contributed by atoms with Gasteiger partial charge >= 0.3 is 0 Å². The maximum absolute atomic E-state index is 14.7. The summed E-state index contributed by atoms with van der Waals surface area (Å²) >= 11 is 0. The molecular formula is C25H26FN5O2. The van der Waals surface area contributed by atoms with Crippen LogP contribution in [0.15, 0.2) is 47.5 Å². The van der Waals surface area contributed by atoms with Gasteiger partial charge in [0.2, 0.25) is 0 Å². The first-order valence-corrected chi connectivity index (χ1v) is 11.4. The summed E-state index contributed by atoms with van der Waals surface area (Å²) in [6, 6.07) is 8.58. The van der Waals surface area contributed by atoms with E-state index in [4.69, 9.17) is 0 Å². The third-order valence-corrected chi connectivity index (χ3v) is 6.61. The largest absolute Gasteiger partial charge is 0.368 e. The number of carbonyl (C=O) groups is 1. The average Bonchev–Trinajstić information content (AvgIpc) is 2.87. The number of rotatable bonds is 4. The summed E-state index contributed by atoms with van der Waals surface area (Å²) in [5.74, 6) is -0.808. The van der Waals surface area contributed by atoms with E-state index in [0.29, 0.717) is 32.6 Å². The number of hydrogen-bond donors (Lipinski definition) is 1. The van der Waals surface area contributed by atoms with E-state index in [0.717, 1.165) is 53.8 Å².